The first kappa shape index (κ1) is 19.9. The van der Waals surface area contributed by atoms with E-state index in [2.05, 4.69) is 10.0 Å². The fourth-order valence-corrected chi connectivity index (χ4v) is 3.92. The molecule has 0 unspecified atom stereocenters. The standard InChI is InChI=1S/C24H25N3O3/c25-26-17-20-11-12-21(22(20)27-13-15-29-16-14-27)23(18-7-3-1-4-8-18)30-24(28)19-9-5-2-6-10-19/h1-10,17H,11-16,25H2/b23-21-,26-17+. The van der Waals surface area contributed by atoms with Crippen LogP contribution in [0.3, 0.4) is 0 Å². The van der Waals surface area contributed by atoms with Crippen LogP contribution in [0.2, 0.25) is 0 Å². The minimum absolute atomic E-state index is 0.371. The molecule has 0 amide bonds. The maximum atomic E-state index is 12.9. The van der Waals surface area contributed by atoms with E-state index in [1.165, 1.54) is 0 Å². The van der Waals surface area contributed by atoms with Gasteiger partial charge in [0.1, 0.15) is 5.76 Å². The number of hydrogen-bond acceptors (Lipinski definition) is 6. The molecule has 0 radical (unpaired) electrons. The van der Waals surface area contributed by atoms with Crippen LogP contribution in [0.4, 0.5) is 0 Å². The van der Waals surface area contributed by atoms with Crippen molar-refractivity contribution in [2.24, 2.45) is 10.9 Å². The maximum absolute atomic E-state index is 12.9. The van der Waals surface area contributed by atoms with E-state index >= 15 is 0 Å². The van der Waals surface area contributed by atoms with Crippen molar-refractivity contribution in [1.82, 2.24) is 4.90 Å². The summed E-state index contributed by atoms with van der Waals surface area (Å²) in [6.07, 6.45) is 3.25. The van der Waals surface area contributed by atoms with E-state index in [4.69, 9.17) is 15.3 Å². The lowest BCUT2D eigenvalue weighted by molar-refractivity contribution is 0.0544. The molecule has 2 N–H and O–H groups in total. The highest BCUT2D eigenvalue weighted by molar-refractivity contribution is 5.94. The summed E-state index contributed by atoms with van der Waals surface area (Å²) in [6, 6.07) is 18.8. The number of carbonyl (C=O) groups excluding carboxylic acids is 1. The molecule has 0 atom stereocenters. The van der Waals surface area contributed by atoms with Gasteiger partial charge >= 0.3 is 5.97 Å². The number of allylic oxidation sites excluding steroid dienone is 2. The van der Waals surface area contributed by atoms with Crippen LogP contribution in [0.1, 0.15) is 28.8 Å². The number of hydrazone groups is 1. The first-order valence-electron chi connectivity index (χ1n) is 10.1. The molecule has 0 aromatic heterocycles. The fraction of sp³-hybridized carbons (Fsp3) is 0.250. The molecule has 6 nitrogen and oxygen atoms in total. The first-order chi connectivity index (χ1) is 14.8. The number of nitrogens with zero attached hydrogens (tertiary/aromatic N) is 2. The number of rotatable bonds is 5. The van der Waals surface area contributed by atoms with Crippen molar-refractivity contribution in [3.63, 3.8) is 0 Å². The summed E-state index contributed by atoms with van der Waals surface area (Å²) in [6.45, 7) is 2.87. The Hall–Kier alpha value is -3.38. The highest BCUT2D eigenvalue weighted by Crippen LogP contribution is 2.39. The molecule has 6 heteroatoms. The molecule has 1 saturated heterocycles. The van der Waals surface area contributed by atoms with E-state index in [0.717, 1.165) is 48.3 Å². The first-order valence-corrected chi connectivity index (χ1v) is 10.1. The average molecular weight is 403 g/mol. The lowest BCUT2D eigenvalue weighted by atomic mass is 10.0. The molecule has 2 aliphatic rings. The largest absolute Gasteiger partial charge is 0.422 e. The van der Waals surface area contributed by atoms with E-state index in [1.807, 2.05) is 48.5 Å². The molecule has 1 heterocycles. The van der Waals surface area contributed by atoms with Crippen LogP contribution in [0.5, 0.6) is 0 Å². The highest BCUT2D eigenvalue weighted by atomic mass is 16.5. The molecule has 1 fully saturated rings. The van der Waals surface area contributed by atoms with E-state index in [-0.39, 0.29) is 5.97 Å². The molecular weight excluding hydrogens is 378 g/mol. The summed E-state index contributed by atoms with van der Waals surface area (Å²) in [5.74, 6) is 5.70. The second-order valence-corrected chi connectivity index (χ2v) is 7.18. The van der Waals surface area contributed by atoms with Crippen molar-refractivity contribution in [2.75, 3.05) is 26.3 Å². The lowest BCUT2D eigenvalue weighted by Crippen LogP contribution is -2.36. The van der Waals surface area contributed by atoms with Gasteiger partial charge in [0, 0.05) is 29.9 Å². The second kappa shape index (κ2) is 9.41. The molecule has 2 aromatic rings. The number of carbonyl (C=O) groups is 1. The van der Waals surface area contributed by atoms with Crippen LogP contribution in [0, 0.1) is 0 Å². The van der Waals surface area contributed by atoms with Gasteiger partial charge in [0.15, 0.2) is 0 Å². The number of hydrogen-bond donors (Lipinski definition) is 1. The van der Waals surface area contributed by atoms with Crippen molar-refractivity contribution in [1.29, 1.82) is 0 Å². The maximum Gasteiger partial charge on any atom is 0.343 e. The number of morpholine rings is 1. The van der Waals surface area contributed by atoms with Crippen LogP contribution in [-0.2, 0) is 9.47 Å². The number of ether oxygens (including phenoxy) is 2. The van der Waals surface area contributed by atoms with Crippen LogP contribution >= 0.6 is 0 Å². The van der Waals surface area contributed by atoms with E-state index in [1.54, 1.807) is 18.3 Å². The van der Waals surface area contributed by atoms with Crippen LogP contribution in [0.15, 0.2) is 82.6 Å². The summed E-state index contributed by atoms with van der Waals surface area (Å²) in [5, 5.41) is 3.77. The van der Waals surface area contributed by atoms with Crippen LogP contribution < -0.4 is 5.84 Å². The minimum atomic E-state index is -0.371. The predicted molar refractivity (Wildman–Crippen MR) is 117 cm³/mol. The number of nitrogens with two attached hydrogens (primary N) is 1. The van der Waals surface area contributed by atoms with Gasteiger partial charge in [-0.1, -0.05) is 48.5 Å². The van der Waals surface area contributed by atoms with Gasteiger partial charge in [-0.05, 0) is 30.5 Å². The smallest absolute Gasteiger partial charge is 0.343 e. The topological polar surface area (TPSA) is 77.2 Å². The normalized spacial score (nSPS) is 18.7. The molecule has 0 bridgehead atoms. The van der Waals surface area contributed by atoms with Gasteiger partial charge in [0.2, 0.25) is 0 Å². The Balaban J connectivity index is 1.80. The third kappa shape index (κ3) is 4.28. The molecule has 0 spiro atoms. The Morgan fingerprint density at radius 1 is 0.967 bits per heavy atom. The summed E-state index contributed by atoms with van der Waals surface area (Å²) >= 11 is 0. The summed E-state index contributed by atoms with van der Waals surface area (Å²) in [7, 11) is 0. The third-order valence-electron chi connectivity index (χ3n) is 5.31. The Bertz CT molecular complexity index is 975. The van der Waals surface area contributed by atoms with Crippen molar-refractivity contribution < 1.29 is 14.3 Å². The molecule has 30 heavy (non-hydrogen) atoms. The third-order valence-corrected chi connectivity index (χ3v) is 5.31. The molecule has 4 rings (SSSR count). The summed E-state index contributed by atoms with van der Waals surface area (Å²) in [4.78, 5) is 15.2. The monoisotopic (exact) mass is 403 g/mol. The number of esters is 1. The lowest BCUT2D eigenvalue weighted by Gasteiger charge is -2.32. The van der Waals surface area contributed by atoms with Crippen molar-refractivity contribution in [3.8, 4) is 0 Å². The van der Waals surface area contributed by atoms with Gasteiger partial charge in [0.25, 0.3) is 0 Å². The van der Waals surface area contributed by atoms with Gasteiger partial charge in [-0.2, -0.15) is 5.10 Å². The molecular formula is C24H25N3O3. The second-order valence-electron chi connectivity index (χ2n) is 7.18. The zero-order chi connectivity index (χ0) is 20.8. The van der Waals surface area contributed by atoms with Crippen LogP contribution in [0.25, 0.3) is 5.76 Å². The van der Waals surface area contributed by atoms with E-state index in [0.29, 0.717) is 24.5 Å². The molecule has 2 aromatic carbocycles. The van der Waals surface area contributed by atoms with Crippen molar-refractivity contribution in [2.45, 2.75) is 12.8 Å². The highest BCUT2D eigenvalue weighted by Gasteiger charge is 2.30. The zero-order valence-corrected chi connectivity index (χ0v) is 16.8. The minimum Gasteiger partial charge on any atom is -0.422 e. The average Bonchev–Trinajstić information content (AvgIpc) is 3.22. The predicted octanol–water partition coefficient (Wildman–Crippen LogP) is 3.58. The molecule has 1 aliphatic heterocycles. The summed E-state index contributed by atoms with van der Waals surface area (Å²) < 4.78 is 11.6. The zero-order valence-electron chi connectivity index (χ0n) is 16.8. The van der Waals surface area contributed by atoms with Gasteiger partial charge in [-0.3, -0.25) is 0 Å². The SMILES string of the molecule is N/N=C/C1=C(N2CCOCC2)C(=C(\OC(=O)c2ccccc2)c2ccccc2)/CC1. The van der Waals surface area contributed by atoms with E-state index in [9.17, 15) is 4.79 Å². The van der Waals surface area contributed by atoms with Crippen molar-refractivity contribution in [3.05, 3.63) is 88.6 Å². The van der Waals surface area contributed by atoms with Crippen molar-refractivity contribution >= 4 is 17.9 Å². The van der Waals surface area contributed by atoms with E-state index < -0.39 is 0 Å². The van der Waals surface area contributed by atoms with Gasteiger partial charge in [-0.25, -0.2) is 4.79 Å². The molecule has 154 valence electrons. The number of benzene rings is 2. The Labute approximate surface area is 176 Å². The quantitative estimate of drug-likeness (QED) is 0.271. The fourth-order valence-electron chi connectivity index (χ4n) is 3.92. The van der Waals surface area contributed by atoms with Gasteiger partial charge in [0.05, 0.1) is 25.0 Å². The molecule has 1 aliphatic carbocycles. The van der Waals surface area contributed by atoms with Crippen LogP contribution in [-0.4, -0.2) is 43.4 Å². The Morgan fingerprint density at radius 3 is 2.23 bits per heavy atom. The Kier molecular flexibility index (Phi) is 6.25. The molecule has 0 saturated carbocycles. The van der Waals surface area contributed by atoms with Gasteiger partial charge < -0.3 is 20.2 Å². The Morgan fingerprint density at radius 2 is 1.60 bits per heavy atom. The summed E-state index contributed by atoms with van der Waals surface area (Å²) in [5.41, 5.74) is 4.49. The van der Waals surface area contributed by atoms with Gasteiger partial charge in [-0.15, -0.1) is 0 Å².